The molecule has 15 heavy (non-hydrogen) atoms. The van der Waals surface area contributed by atoms with Crippen LogP contribution >= 0.6 is 0 Å². The molecule has 88 valence electrons. The first-order valence-corrected chi connectivity index (χ1v) is 5.37. The van der Waals surface area contributed by atoms with Crippen LogP contribution < -0.4 is 11.1 Å². The van der Waals surface area contributed by atoms with Gasteiger partial charge in [-0.25, -0.2) is 8.78 Å². The van der Waals surface area contributed by atoms with Gasteiger partial charge >= 0.3 is 0 Å². The molecule has 3 N–H and O–H groups in total. The molecule has 0 spiro atoms. The Morgan fingerprint density at radius 2 is 2.20 bits per heavy atom. The minimum absolute atomic E-state index is 0.00252. The van der Waals surface area contributed by atoms with Crippen LogP contribution in [0.2, 0.25) is 0 Å². The zero-order valence-electron chi connectivity index (χ0n) is 9.26. The van der Waals surface area contributed by atoms with Gasteiger partial charge in [0.1, 0.15) is 0 Å². The molecule has 0 amide bonds. The normalized spacial score (nSPS) is 23.3. The Hall–Kier alpha value is -0.870. The Kier molecular flexibility index (Phi) is 3.88. The molecule has 0 aromatic rings. The molecular formula is C10H19F2N3. The minimum Gasteiger partial charge on any atom is -0.370 e. The molecule has 1 saturated carbocycles. The van der Waals surface area contributed by atoms with Gasteiger partial charge in [-0.15, -0.1) is 0 Å². The Balaban J connectivity index is 2.21. The highest BCUT2D eigenvalue weighted by atomic mass is 19.3. The van der Waals surface area contributed by atoms with Crippen molar-refractivity contribution in [3.63, 3.8) is 0 Å². The van der Waals surface area contributed by atoms with Gasteiger partial charge in [-0.2, -0.15) is 0 Å². The van der Waals surface area contributed by atoms with Gasteiger partial charge in [0, 0.05) is 25.4 Å². The van der Waals surface area contributed by atoms with E-state index >= 15 is 0 Å². The van der Waals surface area contributed by atoms with Crippen molar-refractivity contribution >= 4 is 5.96 Å². The van der Waals surface area contributed by atoms with E-state index in [2.05, 4.69) is 10.3 Å². The van der Waals surface area contributed by atoms with Gasteiger partial charge in [0.05, 0.1) is 0 Å². The van der Waals surface area contributed by atoms with Crippen LogP contribution in [0.1, 0.15) is 33.1 Å². The second kappa shape index (κ2) is 4.77. The molecule has 0 aromatic carbocycles. The highest BCUT2D eigenvalue weighted by Crippen LogP contribution is 2.42. The molecule has 0 radical (unpaired) electrons. The van der Waals surface area contributed by atoms with Crippen LogP contribution in [0.5, 0.6) is 0 Å². The Morgan fingerprint density at radius 1 is 1.60 bits per heavy atom. The van der Waals surface area contributed by atoms with Gasteiger partial charge in [0.15, 0.2) is 5.96 Å². The number of nitrogens with one attached hydrogen (secondary N) is 1. The molecule has 1 fully saturated rings. The number of guanidine groups is 1. The van der Waals surface area contributed by atoms with E-state index in [1.807, 2.05) is 13.8 Å². The van der Waals surface area contributed by atoms with Crippen molar-refractivity contribution < 1.29 is 8.78 Å². The summed E-state index contributed by atoms with van der Waals surface area (Å²) in [5.74, 6) is -2.10. The number of hydrogen-bond donors (Lipinski definition) is 2. The van der Waals surface area contributed by atoms with Crippen molar-refractivity contribution in [2.45, 2.75) is 45.1 Å². The highest BCUT2D eigenvalue weighted by Gasteiger charge is 2.44. The summed E-state index contributed by atoms with van der Waals surface area (Å²) in [5.41, 5.74) is 5.60. The van der Waals surface area contributed by atoms with E-state index in [9.17, 15) is 8.78 Å². The lowest BCUT2D eigenvalue weighted by molar-refractivity contribution is -0.107. The predicted octanol–water partition coefficient (Wildman–Crippen LogP) is 1.73. The number of nitrogens with zero attached hydrogens (tertiary/aromatic N) is 1. The van der Waals surface area contributed by atoms with Gasteiger partial charge in [0.2, 0.25) is 5.92 Å². The first-order chi connectivity index (χ1) is 6.93. The van der Waals surface area contributed by atoms with Gasteiger partial charge < -0.3 is 11.1 Å². The van der Waals surface area contributed by atoms with Crippen molar-refractivity contribution in [2.24, 2.45) is 16.6 Å². The molecule has 0 bridgehead atoms. The zero-order valence-corrected chi connectivity index (χ0v) is 9.26. The maximum atomic E-state index is 12.5. The molecule has 5 heteroatoms. The van der Waals surface area contributed by atoms with Crippen molar-refractivity contribution in [1.29, 1.82) is 0 Å². The van der Waals surface area contributed by atoms with E-state index in [0.717, 1.165) is 6.42 Å². The van der Waals surface area contributed by atoms with E-state index < -0.39 is 5.92 Å². The Morgan fingerprint density at radius 3 is 2.67 bits per heavy atom. The smallest absolute Gasteiger partial charge is 0.248 e. The van der Waals surface area contributed by atoms with Gasteiger partial charge in [-0.05, 0) is 19.3 Å². The van der Waals surface area contributed by atoms with Crippen LogP contribution in [0.25, 0.3) is 0 Å². The Bertz CT molecular complexity index is 233. The van der Waals surface area contributed by atoms with Gasteiger partial charge in [0.25, 0.3) is 0 Å². The fourth-order valence-corrected chi connectivity index (χ4v) is 1.54. The second-order valence-corrected chi connectivity index (χ2v) is 4.31. The Labute approximate surface area is 89.1 Å². The number of rotatable bonds is 4. The largest absolute Gasteiger partial charge is 0.370 e. The van der Waals surface area contributed by atoms with Crippen molar-refractivity contribution in [1.82, 2.24) is 5.32 Å². The molecule has 0 saturated heterocycles. The quantitative estimate of drug-likeness (QED) is 0.559. The lowest BCUT2D eigenvalue weighted by Gasteiger charge is -2.33. The predicted molar refractivity (Wildman–Crippen MR) is 57.0 cm³/mol. The topological polar surface area (TPSA) is 50.4 Å². The number of alkyl halides is 2. The van der Waals surface area contributed by atoms with Crippen molar-refractivity contribution in [3.8, 4) is 0 Å². The van der Waals surface area contributed by atoms with Crippen LogP contribution in [0.3, 0.4) is 0 Å². The zero-order chi connectivity index (χ0) is 11.5. The standard InChI is InChI=1S/C10H19F2N3/c1-3-7(2)15-9(13)14-6-8-4-10(11,12)5-8/h7-8H,3-6H2,1-2H3,(H3,13,14,15). The fourth-order valence-electron chi connectivity index (χ4n) is 1.54. The third kappa shape index (κ3) is 4.01. The third-order valence-corrected chi connectivity index (χ3v) is 2.70. The van der Waals surface area contributed by atoms with Gasteiger partial charge in [-0.1, -0.05) is 6.92 Å². The number of nitrogens with two attached hydrogens (primary N) is 1. The number of hydrogen-bond acceptors (Lipinski definition) is 1. The monoisotopic (exact) mass is 219 g/mol. The molecule has 1 rings (SSSR count). The van der Waals surface area contributed by atoms with E-state index in [1.165, 1.54) is 0 Å². The first kappa shape index (κ1) is 12.2. The summed E-state index contributed by atoms with van der Waals surface area (Å²) in [6.45, 7) is 4.45. The van der Waals surface area contributed by atoms with E-state index in [1.54, 1.807) is 0 Å². The lowest BCUT2D eigenvalue weighted by Crippen LogP contribution is -2.40. The summed E-state index contributed by atoms with van der Waals surface area (Å²) < 4.78 is 25.0. The average Bonchev–Trinajstić information content (AvgIpc) is 2.11. The molecule has 1 atom stereocenters. The summed E-state index contributed by atoms with van der Waals surface area (Å²) >= 11 is 0. The van der Waals surface area contributed by atoms with Crippen LogP contribution in [0.15, 0.2) is 4.99 Å². The fraction of sp³-hybridized carbons (Fsp3) is 0.900. The molecule has 0 aliphatic heterocycles. The van der Waals surface area contributed by atoms with E-state index in [-0.39, 0.29) is 24.8 Å². The molecule has 0 aromatic heterocycles. The van der Waals surface area contributed by atoms with Crippen LogP contribution in [-0.4, -0.2) is 24.5 Å². The third-order valence-electron chi connectivity index (χ3n) is 2.70. The lowest BCUT2D eigenvalue weighted by atomic mass is 9.81. The maximum Gasteiger partial charge on any atom is 0.248 e. The second-order valence-electron chi connectivity index (χ2n) is 4.31. The van der Waals surface area contributed by atoms with Crippen molar-refractivity contribution in [3.05, 3.63) is 0 Å². The van der Waals surface area contributed by atoms with Crippen LogP contribution in [0.4, 0.5) is 8.78 Å². The molecule has 1 unspecified atom stereocenters. The van der Waals surface area contributed by atoms with Crippen LogP contribution in [-0.2, 0) is 0 Å². The minimum atomic E-state index is -2.46. The number of halogens is 2. The summed E-state index contributed by atoms with van der Waals surface area (Å²) in [6, 6.07) is 0.275. The molecule has 3 nitrogen and oxygen atoms in total. The molecular weight excluding hydrogens is 200 g/mol. The summed E-state index contributed by atoms with van der Waals surface area (Å²) in [4.78, 5) is 4.05. The summed E-state index contributed by atoms with van der Waals surface area (Å²) in [6.07, 6.45) is 0.859. The SMILES string of the molecule is CCC(C)NC(N)=NCC1CC(F)(F)C1. The summed E-state index contributed by atoms with van der Waals surface area (Å²) in [5, 5.41) is 2.99. The van der Waals surface area contributed by atoms with Gasteiger partial charge in [-0.3, -0.25) is 4.99 Å². The maximum absolute atomic E-state index is 12.5. The first-order valence-electron chi connectivity index (χ1n) is 5.37. The number of aliphatic imine (C=N–C) groups is 1. The van der Waals surface area contributed by atoms with Crippen LogP contribution in [0, 0.1) is 5.92 Å². The molecule has 1 aliphatic carbocycles. The average molecular weight is 219 g/mol. The highest BCUT2D eigenvalue weighted by molar-refractivity contribution is 5.78. The summed E-state index contributed by atoms with van der Waals surface area (Å²) in [7, 11) is 0. The van der Waals surface area contributed by atoms with Crippen molar-refractivity contribution in [2.75, 3.05) is 6.54 Å². The molecule has 1 aliphatic rings. The van der Waals surface area contributed by atoms with E-state index in [4.69, 9.17) is 5.73 Å². The molecule has 0 heterocycles. The van der Waals surface area contributed by atoms with E-state index in [0.29, 0.717) is 12.5 Å².